The van der Waals surface area contributed by atoms with E-state index in [9.17, 15) is 0 Å². The van der Waals surface area contributed by atoms with Crippen LogP contribution in [0.5, 0.6) is 0 Å². The molecule has 5 rings (SSSR count). The third kappa shape index (κ3) is 4.69. The second-order valence-electron chi connectivity index (χ2n) is 29.7. The number of hydrogen-bond acceptors (Lipinski definition) is 0. The van der Waals surface area contributed by atoms with Crippen LogP contribution in [0.2, 0.25) is 88.7 Å². The van der Waals surface area contributed by atoms with E-state index in [0.717, 1.165) is 88.7 Å². The summed E-state index contributed by atoms with van der Waals surface area (Å²) in [6.45, 7) is 83.1. The molecule has 4 unspecified atom stereocenters. The van der Waals surface area contributed by atoms with E-state index in [-0.39, 0.29) is 0 Å². The molecule has 12 atom stereocenters. The minimum atomic E-state index is -1.96. The van der Waals surface area contributed by atoms with Gasteiger partial charge in [0.15, 0.2) is 0 Å². The molecule has 0 radical (unpaired) electrons. The molecule has 0 bridgehead atoms. The fourth-order valence-electron chi connectivity index (χ4n) is 30.6. The first-order valence-corrected chi connectivity index (χ1v) is 72.6. The van der Waals surface area contributed by atoms with E-state index >= 15 is 0 Å². The molecule has 0 N–H and O–H groups in total. The topological polar surface area (TPSA) is 0 Å². The molecule has 0 aromatic carbocycles. The van der Waals surface area contributed by atoms with Crippen LogP contribution in [0.15, 0.2) is 0 Å². The van der Waals surface area contributed by atoms with Gasteiger partial charge in [0, 0.05) is 81.4 Å². The molecule has 400 valence electrons. The highest BCUT2D eigenvalue weighted by atomic mass is 31.0. The molecule has 0 nitrogen and oxygen atoms in total. The van der Waals surface area contributed by atoms with Gasteiger partial charge in [0.05, 0.1) is 0 Å². The highest BCUT2D eigenvalue weighted by molar-refractivity contribution is 8.76. The molecule has 12 heteroatoms. The van der Waals surface area contributed by atoms with Gasteiger partial charge in [0.2, 0.25) is 0 Å². The monoisotopic (exact) mass is 1140 g/mol. The van der Waals surface area contributed by atoms with Crippen molar-refractivity contribution in [2.24, 2.45) is 0 Å². The Labute approximate surface area is 439 Å². The molecule has 0 aliphatic carbocycles. The number of rotatable bonds is 24. The summed E-state index contributed by atoms with van der Waals surface area (Å²) in [7, 11) is -7.55. The Morgan fingerprint density at radius 2 is 0.250 bits per heavy atom. The maximum Gasteiger partial charge on any atom is 0.0400 e. The summed E-state index contributed by atoms with van der Waals surface area (Å²) in [5.74, 6) is 0. The molecule has 5 aliphatic heterocycles. The van der Waals surface area contributed by atoms with Crippen molar-refractivity contribution in [2.45, 2.75) is 362 Å². The number of fused-ring (bicyclic) bond motifs is 10. The van der Waals surface area contributed by atoms with Gasteiger partial charge in [-0.2, -0.15) is 0 Å². The van der Waals surface area contributed by atoms with Gasteiger partial charge in [0.25, 0.3) is 0 Å². The van der Waals surface area contributed by atoms with Crippen LogP contribution < -0.4 is 0 Å². The Kier molecular flexibility index (Phi) is 17.4. The largest absolute Gasteiger partial charge is 0.0656 e. The van der Waals surface area contributed by atoms with Crippen LogP contribution in [0.25, 0.3) is 0 Å². The van der Waals surface area contributed by atoms with E-state index in [0.29, 0.717) is 0 Å². The lowest BCUT2D eigenvalue weighted by Crippen LogP contribution is -3.53. The van der Waals surface area contributed by atoms with Gasteiger partial charge in [-0.25, -0.2) is 0 Å². The Morgan fingerprint density at radius 3 is 0.324 bits per heavy atom. The highest BCUT2D eigenvalue weighted by Crippen LogP contribution is 3.02. The third-order valence-corrected chi connectivity index (χ3v) is 516. The van der Waals surface area contributed by atoms with Gasteiger partial charge in [0.1, 0.15) is 0 Å². The van der Waals surface area contributed by atoms with Crippen molar-refractivity contribution in [3.63, 3.8) is 0 Å². The zero-order valence-electron chi connectivity index (χ0n) is 52.9. The molecule has 0 saturated carbocycles. The Bertz CT molecular complexity index is 1510. The fourth-order valence-corrected chi connectivity index (χ4v) is 1290. The van der Waals surface area contributed by atoms with E-state index in [1.54, 1.807) is 51.4 Å². The third-order valence-electron chi connectivity index (χ3n) is 28.3. The van der Waals surface area contributed by atoms with Crippen LogP contribution in [0, 0.1) is 0 Å². The lowest BCUT2D eigenvalue weighted by molar-refractivity contribution is 0.774. The molecule has 0 aromatic rings. The number of hydrogen-bond donors (Lipinski definition) is 0. The summed E-state index contributed by atoms with van der Waals surface area (Å²) in [6.07, 6.45) is 12.8. The molecule has 0 amide bonds. The first kappa shape index (κ1) is 61.5. The highest BCUT2D eigenvalue weighted by Gasteiger charge is 3.28. The molecule has 5 heterocycles. The zero-order valence-corrected chi connectivity index (χ0v) is 64.9. The molecule has 68 heavy (non-hydrogen) atoms. The second kappa shape index (κ2) is 19.2. The maximum absolute atomic E-state index is 3.30. The smallest absolute Gasteiger partial charge is 0.0400 e. The van der Waals surface area contributed by atoms with Crippen LogP contribution in [0.3, 0.4) is 0 Å². The van der Waals surface area contributed by atoms with Gasteiger partial charge in [-0.05, 0) is 0 Å². The molecular weight excluding hydrogens is 1010 g/mol. The summed E-state index contributed by atoms with van der Waals surface area (Å²) < 4.78 is 0. The Hall–Kier alpha value is 2.60. The van der Waals surface area contributed by atoms with Gasteiger partial charge in [-0.15, -0.1) is 0 Å². The zero-order chi connectivity index (χ0) is 52.9. The van der Waals surface area contributed by atoms with Crippen molar-refractivity contribution in [3.05, 3.63) is 0 Å². The predicted molar refractivity (Wildman–Crippen MR) is 348 cm³/mol. The van der Waals surface area contributed by atoms with E-state index in [4.69, 9.17) is 0 Å². The molecule has 0 spiro atoms. The van der Waals surface area contributed by atoms with Crippen molar-refractivity contribution in [1.29, 1.82) is 0 Å². The van der Waals surface area contributed by atoms with Gasteiger partial charge >= 0.3 is 0 Å². The minimum Gasteiger partial charge on any atom is -0.0656 e. The standard InChI is InChI=1S/C56H128Si12/c1-33-49(25)61-57(41(9)10,42(11)12)58(43(13)14,44(15)16)62(61,50(26)34-2)66(54(30)38-6)65(61,53(29)37-5)67(55(31)39-7)63(51(27)35-3)59(45(17)18,46(19)20)60(47(21)22,48(23)24)64(63,52(28)36-4)68(66,67)56(32)40-8/h41-56H,33-40H2,1-32H3/t49-,50-,51-,52-,53-,54-,55-,56-,61?,62?,63?,64?,65?,66?,67?,68?/m0/s1. The van der Waals surface area contributed by atoms with Crippen molar-refractivity contribution < 1.29 is 0 Å². The van der Waals surface area contributed by atoms with Crippen molar-refractivity contribution >= 4 is 81.4 Å². The lowest BCUT2D eigenvalue weighted by Gasteiger charge is -3.22. The predicted octanol–water partition coefficient (Wildman–Crippen LogP) is 20.4. The summed E-state index contributed by atoms with van der Waals surface area (Å²) >= 11 is 0. The van der Waals surface area contributed by atoms with E-state index in [1.807, 2.05) is 0 Å². The van der Waals surface area contributed by atoms with Crippen LogP contribution in [-0.4, -0.2) is 81.4 Å². The van der Waals surface area contributed by atoms with Crippen LogP contribution >= 0.6 is 0 Å². The molecule has 5 fully saturated rings. The van der Waals surface area contributed by atoms with E-state index in [2.05, 4.69) is 222 Å². The van der Waals surface area contributed by atoms with Crippen molar-refractivity contribution in [1.82, 2.24) is 0 Å². The lowest BCUT2D eigenvalue weighted by atomic mass is 10.4. The van der Waals surface area contributed by atoms with Crippen LogP contribution in [0.4, 0.5) is 0 Å². The normalized spacial score (nSPS) is 40.6. The average molecular weight is 1140 g/mol. The van der Waals surface area contributed by atoms with Crippen molar-refractivity contribution in [2.75, 3.05) is 0 Å². The Morgan fingerprint density at radius 1 is 0.162 bits per heavy atom. The quantitative estimate of drug-likeness (QED) is 0.0845. The van der Waals surface area contributed by atoms with Crippen molar-refractivity contribution in [3.8, 4) is 0 Å². The summed E-state index contributed by atoms with van der Waals surface area (Å²) in [6, 6.07) is 0. The first-order valence-electron chi connectivity index (χ1n) is 31.4. The summed E-state index contributed by atoms with van der Waals surface area (Å²) in [4.78, 5) is 0. The first-order chi connectivity index (χ1) is 31.4. The molecule has 0 aromatic heterocycles. The van der Waals surface area contributed by atoms with Crippen LogP contribution in [0.1, 0.15) is 273 Å². The summed E-state index contributed by atoms with van der Waals surface area (Å²) in [5.41, 5.74) is 17.3. The fraction of sp³-hybridized carbons (Fsp3) is 1.00. The average Bonchev–Trinajstić information content (AvgIpc) is 3.25. The summed E-state index contributed by atoms with van der Waals surface area (Å²) in [5, 5.41) is 0. The Balaban J connectivity index is 2.60. The minimum absolute atomic E-state index is 1.01. The van der Waals surface area contributed by atoms with Gasteiger partial charge < -0.3 is 0 Å². The SMILES string of the molecule is CC[C@H](C)[Si]12[Si](C(C)C)(C(C)C)[Si](C(C)C)(C(C)C)[Si]1([C@@H](C)CC)[Si]1([C@@H](C)CC)[Si]2([C@@H](C)CC)[Si]2([C@@H](C)CC)[Si]3([C@@H](C)CC)[Si](C(C)C)(C(C)C)[Si](C(C)C)(C(C)C)[Si]3([C@@H](C)CC)[Si]12[C@@H](C)CC. The molecule has 5 aliphatic rings. The molecule has 5 saturated heterocycles. The second-order valence-corrected chi connectivity index (χ2v) is 185. The van der Waals surface area contributed by atoms with E-state index in [1.165, 1.54) is 0 Å². The van der Waals surface area contributed by atoms with E-state index < -0.39 is 81.4 Å². The maximum atomic E-state index is 3.30. The molecular formula is C56H128Si12. The van der Waals surface area contributed by atoms with Gasteiger partial charge in [-0.3, -0.25) is 0 Å². The van der Waals surface area contributed by atoms with Gasteiger partial charge in [-0.1, -0.05) is 362 Å². The van der Waals surface area contributed by atoms with Crippen LogP contribution in [-0.2, 0) is 0 Å².